The van der Waals surface area contributed by atoms with Gasteiger partial charge < -0.3 is 4.90 Å². The summed E-state index contributed by atoms with van der Waals surface area (Å²) in [6.07, 6.45) is 6.64. The Morgan fingerprint density at radius 3 is 2.55 bits per heavy atom. The molecular formula is C15H25N5. The summed E-state index contributed by atoms with van der Waals surface area (Å²) in [5.74, 6) is 1.02. The van der Waals surface area contributed by atoms with E-state index in [1.165, 1.54) is 32.6 Å². The van der Waals surface area contributed by atoms with E-state index in [2.05, 4.69) is 38.5 Å². The largest absolute Gasteiger partial charge is 0.354 e. The molecule has 1 unspecified atom stereocenters. The summed E-state index contributed by atoms with van der Waals surface area (Å²) in [6, 6.07) is 1.36. The lowest BCUT2D eigenvalue weighted by atomic mass is 10.1. The van der Waals surface area contributed by atoms with Gasteiger partial charge in [-0.2, -0.15) is 0 Å². The number of nitrogens with zero attached hydrogens (tertiary/aromatic N) is 5. The number of rotatable bonds is 3. The van der Waals surface area contributed by atoms with E-state index in [9.17, 15) is 0 Å². The Balaban J connectivity index is 1.53. The fourth-order valence-corrected chi connectivity index (χ4v) is 3.32. The molecule has 5 heteroatoms. The molecule has 3 rings (SSSR count). The van der Waals surface area contributed by atoms with Crippen molar-refractivity contribution in [2.75, 3.05) is 44.2 Å². The van der Waals surface area contributed by atoms with Crippen molar-refractivity contribution in [1.82, 2.24) is 19.8 Å². The number of piperazine rings is 1. The van der Waals surface area contributed by atoms with Gasteiger partial charge in [-0.1, -0.05) is 0 Å². The van der Waals surface area contributed by atoms with Crippen LogP contribution in [-0.2, 0) is 0 Å². The van der Waals surface area contributed by atoms with E-state index >= 15 is 0 Å². The van der Waals surface area contributed by atoms with Gasteiger partial charge in [0.25, 0.3) is 0 Å². The zero-order valence-corrected chi connectivity index (χ0v) is 12.6. The molecule has 0 bridgehead atoms. The minimum Gasteiger partial charge on any atom is -0.354 e. The maximum atomic E-state index is 4.41. The zero-order valence-electron chi connectivity index (χ0n) is 12.6. The summed E-state index contributed by atoms with van der Waals surface area (Å²) in [5, 5.41) is 0. The minimum absolute atomic E-state index is 0.678. The summed E-state index contributed by atoms with van der Waals surface area (Å²) in [4.78, 5) is 16.2. The summed E-state index contributed by atoms with van der Waals surface area (Å²) in [7, 11) is 0. The highest BCUT2D eigenvalue weighted by Crippen LogP contribution is 2.21. The van der Waals surface area contributed by atoms with Crippen LogP contribution in [0.25, 0.3) is 0 Å². The van der Waals surface area contributed by atoms with Crippen LogP contribution in [-0.4, -0.2) is 71.1 Å². The average Bonchev–Trinajstić information content (AvgIpc) is 2.98. The Labute approximate surface area is 121 Å². The molecular weight excluding hydrogens is 250 g/mol. The lowest BCUT2D eigenvalue weighted by Gasteiger charge is -2.39. The molecule has 0 amide bonds. The van der Waals surface area contributed by atoms with Crippen LogP contribution in [0.2, 0.25) is 0 Å². The topological polar surface area (TPSA) is 35.5 Å². The van der Waals surface area contributed by atoms with Crippen LogP contribution < -0.4 is 4.90 Å². The van der Waals surface area contributed by atoms with Gasteiger partial charge in [-0.25, -0.2) is 4.98 Å². The van der Waals surface area contributed by atoms with Crippen molar-refractivity contribution >= 4 is 5.82 Å². The van der Waals surface area contributed by atoms with Crippen molar-refractivity contribution in [1.29, 1.82) is 0 Å². The maximum absolute atomic E-state index is 4.41. The molecule has 1 atom stereocenters. The molecule has 2 fully saturated rings. The number of hydrogen-bond acceptors (Lipinski definition) is 5. The fourth-order valence-electron chi connectivity index (χ4n) is 3.32. The van der Waals surface area contributed by atoms with Gasteiger partial charge in [0.15, 0.2) is 0 Å². The van der Waals surface area contributed by atoms with Gasteiger partial charge in [-0.05, 0) is 20.3 Å². The molecule has 3 heterocycles. The molecule has 110 valence electrons. The van der Waals surface area contributed by atoms with Gasteiger partial charge in [0, 0.05) is 63.7 Å². The van der Waals surface area contributed by atoms with E-state index in [0.717, 1.165) is 18.9 Å². The third-order valence-electron chi connectivity index (χ3n) is 4.63. The van der Waals surface area contributed by atoms with Crippen LogP contribution in [0, 0.1) is 0 Å². The summed E-state index contributed by atoms with van der Waals surface area (Å²) in [5.41, 5.74) is 0. The van der Waals surface area contributed by atoms with Crippen LogP contribution in [0.3, 0.4) is 0 Å². The Morgan fingerprint density at radius 2 is 1.90 bits per heavy atom. The molecule has 0 aromatic carbocycles. The Bertz CT molecular complexity index is 414. The third kappa shape index (κ3) is 2.94. The molecule has 2 saturated heterocycles. The third-order valence-corrected chi connectivity index (χ3v) is 4.63. The predicted molar refractivity (Wildman–Crippen MR) is 80.9 cm³/mol. The summed E-state index contributed by atoms with van der Waals surface area (Å²) >= 11 is 0. The second-order valence-electron chi connectivity index (χ2n) is 6.12. The number of anilines is 1. The molecule has 0 spiro atoms. The van der Waals surface area contributed by atoms with Gasteiger partial charge >= 0.3 is 0 Å². The molecule has 1 aromatic heterocycles. The van der Waals surface area contributed by atoms with Crippen LogP contribution in [0.15, 0.2) is 18.6 Å². The second kappa shape index (κ2) is 6.06. The molecule has 0 saturated carbocycles. The first kappa shape index (κ1) is 13.8. The Morgan fingerprint density at radius 1 is 1.10 bits per heavy atom. The van der Waals surface area contributed by atoms with E-state index < -0.39 is 0 Å². The highest BCUT2D eigenvalue weighted by atomic mass is 15.3. The normalized spacial score (nSPS) is 25.6. The van der Waals surface area contributed by atoms with Crippen LogP contribution in [0.5, 0.6) is 0 Å². The summed E-state index contributed by atoms with van der Waals surface area (Å²) < 4.78 is 0. The smallest absolute Gasteiger partial charge is 0.147 e. The van der Waals surface area contributed by atoms with Crippen molar-refractivity contribution in [3.63, 3.8) is 0 Å². The quantitative estimate of drug-likeness (QED) is 0.825. The van der Waals surface area contributed by atoms with Crippen molar-refractivity contribution in [3.05, 3.63) is 18.6 Å². The Kier molecular flexibility index (Phi) is 4.17. The van der Waals surface area contributed by atoms with E-state index in [4.69, 9.17) is 0 Å². The second-order valence-corrected chi connectivity index (χ2v) is 6.12. The standard InChI is InChI=1S/C15H25N5/c1-13(2)18-7-9-19(10-8-18)14-3-6-20(12-14)15-11-16-4-5-17-15/h4-5,11,13-14H,3,6-10,12H2,1-2H3. The van der Waals surface area contributed by atoms with E-state index in [-0.39, 0.29) is 0 Å². The van der Waals surface area contributed by atoms with Crippen molar-refractivity contribution in [2.45, 2.75) is 32.4 Å². The van der Waals surface area contributed by atoms with Gasteiger partial charge in [-0.3, -0.25) is 14.8 Å². The monoisotopic (exact) mass is 275 g/mol. The first-order valence-electron chi connectivity index (χ1n) is 7.73. The van der Waals surface area contributed by atoms with Crippen molar-refractivity contribution < 1.29 is 0 Å². The highest BCUT2D eigenvalue weighted by Gasteiger charge is 2.30. The lowest BCUT2D eigenvalue weighted by Crippen LogP contribution is -2.52. The van der Waals surface area contributed by atoms with Crippen LogP contribution in [0.1, 0.15) is 20.3 Å². The van der Waals surface area contributed by atoms with Gasteiger partial charge in [0.05, 0.1) is 6.20 Å². The molecule has 0 aliphatic carbocycles. The lowest BCUT2D eigenvalue weighted by molar-refractivity contribution is 0.0842. The summed E-state index contributed by atoms with van der Waals surface area (Å²) in [6.45, 7) is 11.6. The first-order valence-corrected chi connectivity index (χ1v) is 7.73. The SMILES string of the molecule is CC(C)N1CCN(C2CCN(c3cnccn3)C2)CC1. The molecule has 2 aliphatic rings. The van der Waals surface area contributed by atoms with Crippen LogP contribution in [0.4, 0.5) is 5.82 Å². The van der Waals surface area contributed by atoms with E-state index in [0.29, 0.717) is 12.1 Å². The Hall–Kier alpha value is -1.20. The predicted octanol–water partition coefficient (Wildman–Crippen LogP) is 1.08. The molecule has 5 nitrogen and oxygen atoms in total. The van der Waals surface area contributed by atoms with Crippen LogP contribution >= 0.6 is 0 Å². The molecule has 0 radical (unpaired) electrons. The zero-order chi connectivity index (χ0) is 13.9. The first-order chi connectivity index (χ1) is 9.74. The van der Waals surface area contributed by atoms with Gasteiger partial charge in [0.2, 0.25) is 0 Å². The van der Waals surface area contributed by atoms with Crippen molar-refractivity contribution in [2.24, 2.45) is 0 Å². The van der Waals surface area contributed by atoms with E-state index in [1.807, 2.05) is 6.20 Å². The molecule has 20 heavy (non-hydrogen) atoms. The van der Waals surface area contributed by atoms with E-state index in [1.54, 1.807) is 12.4 Å². The number of hydrogen-bond donors (Lipinski definition) is 0. The minimum atomic E-state index is 0.678. The van der Waals surface area contributed by atoms with Gasteiger partial charge in [-0.15, -0.1) is 0 Å². The van der Waals surface area contributed by atoms with Gasteiger partial charge in [0.1, 0.15) is 5.82 Å². The van der Waals surface area contributed by atoms with Crippen molar-refractivity contribution in [3.8, 4) is 0 Å². The fraction of sp³-hybridized carbons (Fsp3) is 0.733. The molecule has 2 aliphatic heterocycles. The molecule has 0 N–H and O–H groups in total. The average molecular weight is 275 g/mol. The molecule has 1 aromatic rings. The number of aromatic nitrogens is 2. The maximum Gasteiger partial charge on any atom is 0.147 e. The highest BCUT2D eigenvalue weighted by molar-refractivity contribution is 5.37.